The Morgan fingerprint density at radius 2 is 1.79 bits per heavy atom. The van der Waals surface area contributed by atoms with Crippen molar-refractivity contribution in [2.45, 2.75) is 26.8 Å². The quantitative estimate of drug-likeness (QED) is 0.844. The van der Waals surface area contributed by atoms with Crippen LogP contribution in [0.5, 0.6) is 5.75 Å². The molecule has 0 spiro atoms. The van der Waals surface area contributed by atoms with Crippen LogP contribution >= 0.6 is 0 Å². The van der Waals surface area contributed by atoms with Gasteiger partial charge in [0.2, 0.25) is 5.91 Å². The predicted molar refractivity (Wildman–Crippen MR) is 98.5 cm³/mol. The summed E-state index contributed by atoms with van der Waals surface area (Å²) in [4.78, 5) is 14.3. The third-order valence-corrected chi connectivity index (χ3v) is 3.93. The molecule has 0 atom stereocenters. The van der Waals surface area contributed by atoms with Crippen LogP contribution in [0.25, 0.3) is 0 Å². The van der Waals surface area contributed by atoms with Crippen molar-refractivity contribution in [3.63, 3.8) is 0 Å². The molecule has 0 radical (unpaired) electrons. The minimum atomic E-state index is -0.0495. The Labute approximate surface area is 144 Å². The fourth-order valence-electron chi connectivity index (χ4n) is 2.60. The van der Waals surface area contributed by atoms with Gasteiger partial charge in [-0.1, -0.05) is 37.3 Å². The molecule has 0 saturated heterocycles. The summed E-state index contributed by atoms with van der Waals surface area (Å²) in [6, 6.07) is 14.3. The minimum absolute atomic E-state index is 0.0495. The van der Waals surface area contributed by atoms with Gasteiger partial charge < -0.3 is 10.1 Å². The fourth-order valence-corrected chi connectivity index (χ4v) is 2.60. The van der Waals surface area contributed by atoms with E-state index in [1.54, 1.807) is 7.11 Å². The molecular formula is C20H26N2O2. The lowest BCUT2D eigenvalue weighted by Crippen LogP contribution is -2.30. The highest BCUT2D eigenvalue weighted by Crippen LogP contribution is 2.25. The van der Waals surface area contributed by atoms with Gasteiger partial charge in [0.1, 0.15) is 5.75 Å². The number of ether oxygens (including phenoxy) is 1. The highest BCUT2D eigenvalue weighted by molar-refractivity contribution is 5.93. The molecule has 0 aliphatic carbocycles. The van der Waals surface area contributed by atoms with Crippen LogP contribution in [0, 0.1) is 6.92 Å². The standard InChI is InChI=1S/C20H26N2O2/c1-5-16-7-9-17(10-8-16)13-22(3)14-20(23)21-18-12-15(2)6-11-19(18)24-4/h6-12H,5,13-14H2,1-4H3,(H,21,23). The normalized spacial score (nSPS) is 10.7. The molecule has 2 rings (SSSR count). The van der Waals surface area contributed by atoms with Crippen LogP contribution in [-0.4, -0.2) is 31.5 Å². The van der Waals surface area contributed by atoms with Crippen molar-refractivity contribution in [2.24, 2.45) is 0 Å². The first-order valence-corrected chi connectivity index (χ1v) is 8.22. The third kappa shape index (κ3) is 5.10. The molecule has 0 aliphatic rings. The number of rotatable bonds is 7. The number of aryl methyl sites for hydroxylation is 2. The van der Waals surface area contributed by atoms with Gasteiger partial charge in [-0.15, -0.1) is 0 Å². The zero-order valence-electron chi connectivity index (χ0n) is 14.9. The van der Waals surface area contributed by atoms with Gasteiger partial charge in [0.05, 0.1) is 19.3 Å². The first-order valence-electron chi connectivity index (χ1n) is 8.22. The lowest BCUT2D eigenvalue weighted by molar-refractivity contribution is -0.117. The number of carbonyl (C=O) groups excluding carboxylic acids is 1. The molecule has 0 unspecified atom stereocenters. The molecule has 0 aliphatic heterocycles. The summed E-state index contributed by atoms with van der Waals surface area (Å²) in [5.74, 6) is 0.623. The van der Waals surface area contributed by atoms with Crippen molar-refractivity contribution in [3.05, 3.63) is 59.2 Å². The van der Waals surface area contributed by atoms with E-state index in [9.17, 15) is 4.79 Å². The number of amides is 1. The monoisotopic (exact) mass is 326 g/mol. The number of nitrogens with zero attached hydrogens (tertiary/aromatic N) is 1. The number of benzene rings is 2. The van der Waals surface area contributed by atoms with Crippen molar-refractivity contribution in [2.75, 3.05) is 26.0 Å². The summed E-state index contributed by atoms with van der Waals surface area (Å²) in [5, 5.41) is 2.93. The number of hydrogen-bond donors (Lipinski definition) is 1. The van der Waals surface area contributed by atoms with Crippen LogP contribution in [0.1, 0.15) is 23.6 Å². The summed E-state index contributed by atoms with van der Waals surface area (Å²) in [5.41, 5.74) is 4.32. The molecule has 2 aromatic rings. The number of carbonyl (C=O) groups is 1. The third-order valence-electron chi connectivity index (χ3n) is 3.93. The van der Waals surface area contributed by atoms with E-state index in [-0.39, 0.29) is 5.91 Å². The number of nitrogens with one attached hydrogen (secondary N) is 1. The lowest BCUT2D eigenvalue weighted by Gasteiger charge is -2.17. The van der Waals surface area contributed by atoms with E-state index < -0.39 is 0 Å². The van der Waals surface area contributed by atoms with E-state index in [1.165, 1.54) is 11.1 Å². The maximum atomic E-state index is 12.3. The average molecular weight is 326 g/mol. The fraction of sp³-hybridized carbons (Fsp3) is 0.350. The Balaban J connectivity index is 1.92. The number of likely N-dealkylation sites (N-methyl/N-ethyl adjacent to an activating group) is 1. The van der Waals surface area contributed by atoms with E-state index >= 15 is 0 Å². The smallest absolute Gasteiger partial charge is 0.238 e. The summed E-state index contributed by atoms with van der Waals surface area (Å²) < 4.78 is 5.30. The average Bonchev–Trinajstić information content (AvgIpc) is 2.55. The summed E-state index contributed by atoms with van der Waals surface area (Å²) >= 11 is 0. The Bertz CT molecular complexity index is 681. The van der Waals surface area contributed by atoms with E-state index in [0.717, 1.165) is 18.5 Å². The van der Waals surface area contributed by atoms with Crippen LogP contribution in [0.4, 0.5) is 5.69 Å². The molecular weight excluding hydrogens is 300 g/mol. The van der Waals surface area contributed by atoms with Gasteiger partial charge in [-0.05, 0) is 49.2 Å². The zero-order valence-corrected chi connectivity index (χ0v) is 14.9. The Hall–Kier alpha value is -2.33. The minimum Gasteiger partial charge on any atom is -0.495 e. The molecule has 0 saturated carbocycles. The van der Waals surface area contributed by atoms with Crippen molar-refractivity contribution in [1.82, 2.24) is 4.90 Å². The van der Waals surface area contributed by atoms with Crippen LogP contribution < -0.4 is 10.1 Å². The van der Waals surface area contributed by atoms with E-state index in [1.807, 2.05) is 37.1 Å². The predicted octanol–water partition coefficient (Wildman–Crippen LogP) is 3.64. The SMILES string of the molecule is CCc1ccc(CN(C)CC(=O)Nc2cc(C)ccc2OC)cc1. The Kier molecular flexibility index (Phi) is 6.38. The van der Waals surface area contributed by atoms with Crippen molar-refractivity contribution in [3.8, 4) is 5.75 Å². The molecule has 4 heteroatoms. The van der Waals surface area contributed by atoms with E-state index in [4.69, 9.17) is 4.74 Å². The molecule has 4 nitrogen and oxygen atoms in total. The lowest BCUT2D eigenvalue weighted by atomic mass is 10.1. The summed E-state index contributed by atoms with van der Waals surface area (Å²) in [7, 11) is 3.55. The van der Waals surface area contributed by atoms with Crippen LogP contribution in [-0.2, 0) is 17.8 Å². The molecule has 128 valence electrons. The Morgan fingerprint density at radius 1 is 1.12 bits per heavy atom. The van der Waals surface area contributed by atoms with Gasteiger partial charge in [0, 0.05) is 6.54 Å². The van der Waals surface area contributed by atoms with Gasteiger partial charge in [-0.3, -0.25) is 9.69 Å². The van der Waals surface area contributed by atoms with E-state index in [0.29, 0.717) is 18.0 Å². The van der Waals surface area contributed by atoms with Crippen LogP contribution in [0.3, 0.4) is 0 Å². The van der Waals surface area contributed by atoms with E-state index in [2.05, 4.69) is 36.5 Å². The second-order valence-corrected chi connectivity index (χ2v) is 6.09. The zero-order chi connectivity index (χ0) is 17.5. The topological polar surface area (TPSA) is 41.6 Å². The van der Waals surface area contributed by atoms with Gasteiger partial charge in [0.15, 0.2) is 0 Å². The number of hydrogen-bond acceptors (Lipinski definition) is 3. The van der Waals surface area contributed by atoms with Gasteiger partial charge in [-0.2, -0.15) is 0 Å². The molecule has 1 amide bonds. The first-order chi connectivity index (χ1) is 11.5. The highest BCUT2D eigenvalue weighted by Gasteiger charge is 2.10. The summed E-state index contributed by atoms with van der Waals surface area (Å²) in [6.45, 7) is 5.20. The molecule has 0 aromatic heterocycles. The van der Waals surface area contributed by atoms with Crippen molar-refractivity contribution >= 4 is 11.6 Å². The highest BCUT2D eigenvalue weighted by atomic mass is 16.5. The largest absolute Gasteiger partial charge is 0.495 e. The first kappa shape index (κ1) is 18.0. The van der Waals surface area contributed by atoms with Crippen molar-refractivity contribution in [1.29, 1.82) is 0 Å². The van der Waals surface area contributed by atoms with Gasteiger partial charge >= 0.3 is 0 Å². The molecule has 0 fully saturated rings. The van der Waals surface area contributed by atoms with Gasteiger partial charge in [-0.25, -0.2) is 0 Å². The molecule has 2 aromatic carbocycles. The summed E-state index contributed by atoms with van der Waals surface area (Å²) in [6.07, 6.45) is 1.04. The molecule has 0 heterocycles. The van der Waals surface area contributed by atoms with Crippen LogP contribution in [0.15, 0.2) is 42.5 Å². The Morgan fingerprint density at radius 3 is 2.42 bits per heavy atom. The van der Waals surface area contributed by atoms with Gasteiger partial charge in [0.25, 0.3) is 0 Å². The second kappa shape index (κ2) is 8.50. The number of methoxy groups -OCH3 is 1. The van der Waals surface area contributed by atoms with Crippen LogP contribution in [0.2, 0.25) is 0 Å². The molecule has 0 bridgehead atoms. The maximum absolute atomic E-state index is 12.3. The van der Waals surface area contributed by atoms with Crippen molar-refractivity contribution < 1.29 is 9.53 Å². The number of anilines is 1. The molecule has 24 heavy (non-hydrogen) atoms. The second-order valence-electron chi connectivity index (χ2n) is 6.09. The maximum Gasteiger partial charge on any atom is 0.238 e. The molecule has 1 N–H and O–H groups in total.